The summed E-state index contributed by atoms with van der Waals surface area (Å²) in [7, 11) is 4.72. The highest BCUT2D eigenvalue weighted by Crippen LogP contribution is 2.56. The zero-order valence-electron chi connectivity index (χ0n) is 24.3. The molecule has 43 heavy (non-hydrogen) atoms. The van der Waals surface area contributed by atoms with Crippen LogP contribution in [0.25, 0.3) is 0 Å². The summed E-state index contributed by atoms with van der Waals surface area (Å²) in [5, 5.41) is 12.5. The fraction of sp³-hybridized carbons (Fsp3) is 0.344. The number of anilines is 1. The molecule has 0 unspecified atom stereocenters. The molecule has 3 heterocycles. The maximum Gasteiger partial charge on any atom is 0.310 e. The van der Waals surface area contributed by atoms with E-state index in [0.717, 1.165) is 33.6 Å². The molecule has 3 aromatic carbocycles. The molecule has 222 valence electrons. The van der Waals surface area contributed by atoms with Crippen molar-refractivity contribution in [3.8, 4) is 28.7 Å². The second kappa shape index (κ2) is 10.7. The molecule has 0 spiro atoms. The van der Waals surface area contributed by atoms with E-state index < -0.39 is 5.92 Å². The molecule has 1 saturated heterocycles. The lowest BCUT2D eigenvalue weighted by atomic mass is 9.65. The third-order valence-corrected chi connectivity index (χ3v) is 8.64. The van der Waals surface area contributed by atoms with Crippen LogP contribution >= 0.6 is 0 Å². The minimum absolute atomic E-state index is 0.130. The molecular formula is C32H32N4O7. The summed E-state index contributed by atoms with van der Waals surface area (Å²) in [5.74, 6) is 1.41. The SMILES string of the molecule is COc1cc([C@@H]2c3cc4c(cc3[C@@H](n3cc(CNc5ccccc5C)nn3)[C@H]3COC(=O)[C@H]23)OCO4)cc(OC)c1OC. The third-order valence-electron chi connectivity index (χ3n) is 8.64. The van der Waals surface area contributed by atoms with Gasteiger partial charge in [0, 0.05) is 17.5 Å². The van der Waals surface area contributed by atoms with Gasteiger partial charge in [0.05, 0.1) is 52.6 Å². The van der Waals surface area contributed by atoms with Gasteiger partial charge in [0.15, 0.2) is 23.0 Å². The highest BCUT2D eigenvalue weighted by molar-refractivity contribution is 5.79. The number of benzene rings is 3. The van der Waals surface area contributed by atoms with Crippen molar-refractivity contribution in [1.82, 2.24) is 15.0 Å². The Morgan fingerprint density at radius 3 is 2.37 bits per heavy atom. The molecule has 3 aliphatic rings. The van der Waals surface area contributed by atoms with Crippen LogP contribution in [0.2, 0.25) is 0 Å². The summed E-state index contributed by atoms with van der Waals surface area (Å²) in [4.78, 5) is 13.5. The first kappa shape index (κ1) is 26.9. The van der Waals surface area contributed by atoms with E-state index in [1.54, 1.807) is 21.3 Å². The number of nitrogens with zero attached hydrogens (tertiary/aromatic N) is 3. The van der Waals surface area contributed by atoms with Gasteiger partial charge in [-0.05, 0) is 59.5 Å². The van der Waals surface area contributed by atoms with E-state index in [2.05, 4.69) is 28.6 Å². The molecule has 2 aliphatic heterocycles. The van der Waals surface area contributed by atoms with E-state index >= 15 is 0 Å². The van der Waals surface area contributed by atoms with Crippen LogP contribution in [0.4, 0.5) is 5.69 Å². The second-order valence-corrected chi connectivity index (χ2v) is 10.9. The van der Waals surface area contributed by atoms with Crippen LogP contribution in [0, 0.1) is 18.8 Å². The standard InChI is InChI=1S/C32H32N4O7/c1-17-7-5-6-8-23(17)33-13-19-14-36(35-34-19)30-21-12-25-24(42-16-43-25)11-20(21)28(29-22(30)15-41-32(29)37)18-9-26(38-2)31(40-4)27(10-18)39-3/h5-12,14,22,28-30,33H,13,15-16H2,1-4H3/t22-,28+,29-,30+/m0/s1. The van der Waals surface area contributed by atoms with Crippen LogP contribution < -0.4 is 29.0 Å². The third kappa shape index (κ3) is 4.46. The number of rotatable bonds is 8. The number of hydrogen-bond donors (Lipinski definition) is 1. The first-order chi connectivity index (χ1) is 21.0. The molecule has 0 amide bonds. The molecular weight excluding hydrogens is 552 g/mol. The smallest absolute Gasteiger partial charge is 0.310 e. The van der Waals surface area contributed by atoms with Crippen molar-refractivity contribution < 1.29 is 33.2 Å². The van der Waals surface area contributed by atoms with Gasteiger partial charge < -0.3 is 33.7 Å². The molecule has 11 heteroatoms. The summed E-state index contributed by atoms with van der Waals surface area (Å²) in [5.41, 5.74) is 5.68. The van der Waals surface area contributed by atoms with Crippen molar-refractivity contribution in [3.63, 3.8) is 0 Å². The average Bonchev–Trinajstić information content (AvgIpc) is 3.78. The largest absolute Gasteiger partial charge is 0.493 e. The van der Waals surface area contributed by atoms with E-state index in [0.29, 0.717) is 35.3 Å². The van der Waals surface area contributed by atoms with Crippen molar-refractivity contribution in [2.75, 3.05) is 40.0 Å². The highest BCUT2D eigenvalue weighted by atomic mass is 16.7. The van der Waals surface area contributed by atoms with Crippen molar-refractivity contribution in [1.29, 1.82) is 0 Å². The Morgan fingerprint density at radius 1 is 0.953 bits per heavy atom. The maximum atomic E-state index is 13.5. The number of cyclic esters (lactones) is 1. The summed E-state index contributed by atoms with van der Waals surface area (Å²) >= 11 is 0. The van der Waals surface area contributed by atoms with Gasteiger partial charge in [0.25, 0.3) is 0 Å². The molecule has 11 nitrogen and oxygen atoms in total. The Morgan fingerprint density at radius 2 is 1.67 bits per heavy atom. The molecule has 4 atom stereocenters. The van der Waals surface area contributed by atoms with Crippen molar-refractivity contribution in [2.45, 2.75) is 25.4 Å². The van der Waals surface area contributed by atoms with Crippen LogP contribution in [-0.2, 0) is 16.1 Å². The number of nitrogens with one attached hydrogen (secondary N) is 1. The number of hydrogen-bond acceptors (Lipinski definition) is 10. The first-order valence-corrected chi connectivity index (χ1v) is 14.1. The lowest BCUT2D eigenvalue weighted by Crippen LogP contribution is -2.37. The minimum Gasteiger partial charge on any atom is -0.493 e. The van der Waals surface area contributed by atoms with E-state index in [9.17, 15) is 4.79 Å². The lowest BCUT2D eigenvalue weighted by molar-refractivity contribution is -0.141. The van der Waals surface area contributed by atoms with E-state index in [1.165, 1.54) is 0 Å². The Balaban J connectivity index is 1.34. The second-order valence-electron chi connectivity index (χ2n) is 10.9. The van der Waals surface area contributed by atoms with E-state index in [1.807, 2.05) is 53.3 Å². The minimum atomic E-state index is -0.501. The number of para-hydroxylation sites is 1. The average molecular weight is 585 g/mol. The number of methoxy groups -OCH3 is 3. The Kier molecular flexibility index (Phi) is 6.72. The first-order valence-electron chi connectivity index (χ1n) is 14.1. The molecule has 0 radical (unpaired) electrons. The molecule has 4 aromatic rings. The van der Waals surface area contributed by atoms with Crippen LogP contribution in [0.15, 0.2) is 54.7 Å². The molecule has 1 aliphatic carbocycles. The number of carbonyl (C=O) groups is 1. The van der Waals surface area contributed by atoms with E-state index in [4.69, 9.17) is 28.4 Å². The Labute approximate surface area is 248 Å². The van der Waals surface area contributed by atoms with Gasteiger partial charge in [-0.15, -0.1) is 5.10 Å². The van der Waals surface area contributed by atoms with Gasteiger partial charge in [-0.25, -0.2) is 4.68 Å². The maximum absolute atomic E-state index is 13.5. The fourth-order valence-corrected chi connectivity index (χ4v) is 6.64. The zero-order chi connectivity index (χ0) is 29.7. The van der Waals surface area contributed by atoms with Crippen LogP contribution in [0.5, 0.6) is 28.7 Å². The number of ether oxygens (including phenoxy) is 6. The molecule has 1 N–H and O–H groups in total. The summed E-state index contributed by atoms with van der Waals surface area (Å²) in [6, 6.07) is 15.5. The van der Waals surface area contributed by atoms with Crippen LogP contribution in [-0.4, -0.2) is 55.7 Å². The summed E-state index contributed by atoms with van der Waals surface area (Å²) in [6.45, 7) is 2.94. The van der Waals surface area contributed by atoms with Gasteiger partial charge in [-0.1, -0.05) is 23.4 Å². The lowest BCUT2D eigenvalue weighted by Gasteiger charge is -2.39. The van der Waals surface area contributed by atoms with Gasteiger partial charge in [0.1, 0.15) is 5.69 Å². The number of carbonyl (C=O) groups excluding carboxylic acids is 1. The quantitative estimate of drug-likeness (QED) is 0.297. The number of aryl methyl sites for hydroxylation is 1. The molecule has 0 saturated carbocycles. The van der Waals surface area contributed by atoms with Crippen LogP contribution in [0.1, 0.15) is 39.9 Å². The van der Waals surface area contributed by atoms with Gasteiger partial charge >= 0.3 is 5.97 Å². The topological polar surface area (TPSA) is 115 Å². The normalized spacial score (nSPS) is 21.5. The summed E-state index contributed by atoms with van der Waals surface area (Å²) in [6.07, 6.45) is 1.93. The monoisotopic (exact) mass is 584 g/mol. The van der Waals surface area contributed by atoms with Crippen molar-refractivity contribution in [3.05, 3.63) is 82.7 Å². The number of aromatic nitrogens is 3. The predicted octanol–water partition coefficient (Wildman–Crippen LogP) is 4.48. The molecule has 1 aromatic heterocycles. The molecule has 7 rings (SSSR count). The predicted molar refractivity (Wildman–Crippen MR) is 155 cm³/mol. The fourth-order valence-electron chi connectivity index (χ4n) is 6.64. The Bertz CT molecular complexity index is 1680. The summed E-state index contributed by atoms with van der Waals surface area (Å²) < 4.78 is 36.1. The van der Waals surface area contributed by atoms with E-state index in [-0.39, 0.29) is 37.2 Å². The van der Waals surface area contributed by atoms with Crippen molar-refractivity contribution >= 4 is 11.7 Å². The van der Waals surface area contributed by atoms with Gasteiger partial charge in [0.2, 0.25) is 12.5 Å². The molecule has 1 fully saturated rings. The number of fused-ring (bicyclic) bond motifs is 3. The molecule has 0 bridgehead atoms. The van der Waals surface area contributed by atoms with Crippen molar-refractivity contribution in [2.24, 2.45) is 11.8 Å². The highest BCUT2D eigenvalue weighted by Gasteiger charge is 2.53. The number of esters is 1. The zero-order valence-corrected chi connectivity index (χ0v) is 24.3. The Hall–Kier alpha value is -4.93. The van der Waals surface area contributed by atoms with Crippen LogP contribution in [0.3, 0.4) is 0 Å². The van der Waals surface area contributed by atoms with Gasteiger partial charge in [-0.2, -0.15) is 0 Å². The van der Waals surface area contributed by atoms with Gasteiger partial charge in [-0.3, -0.25) is 4.79 Å².